The Balaban J connectivity index is 2.08. The van der Waals surface area contributed by atoms with E-state index in [1.807, 2.05) is 43.3 Å². The standard InChI is InChI=1S/C24H27BrN2O3/c1-4-26(5-2)14-15-27-21(17-10-12-19(25)13-11-17)20(23(29)24(27)30)22(28)18-8-6-16(3)7-9-18/h6-13,21,28H,4-5,14-15H2,1-3H3. The molecule has 2 aromatic rings. The zero-order chi connectivity index (χ0) is 21.8. The number of nitrogens with zero attached hydrogens (tertiary/aromatic N) is 1. The van der Waals surface area contributed by atoms with Gasteiger partial charge < -0.3 is 14.9 Å². The summed E-state index contributed by atoms with van der Waals surface area (Å²) in [4.78, 5) is 28.8. The molecule has 1 N–H and O–H groups in total. The molecule has 0 spiro atoms. The molecule has 0 radical (unpaired) electrons. The van der Waals surface area contributed by atoms with Crippen molar-refractivity contribution in [1.29, 1.82) is 0 Å². The maximum atomic E-state index is 13.3. The molecule has 0 aliphatic carbocycles. The number of hydrogen-bond donors (Lipinski definition) is 1. The van der Waals surface area contributed by atoms with E-state index < -0.39 is 17.7 Å². The highest BCUT2D eigenvalue weighted by Gasteiger charge is 2.44. The Morgan fingerprint density at radius 3 is 2.20 bits per heavy atom. The van der Waals surface area contributed by atoms with Crippen molar-refractivity contribution >= 4 is 33.4 Å². The largest absolute Gasteiger partial charge is 0.872 e. The molecule has 0 aromatic heterocycles. The summed E-state index contributed by atoms with van der Waals surface area (Å²) in [6.07, 6.45) is 0. The molecule has 0 bridgehead atoms. The van der Waals surface area contributed by atoms with E-state index in [1.54, 1.807) is 17.0 Å². The number of halogens is 1. The van der Waals surface area contributed by atoms with Crippen molar-refractivity contribution in [3.05, 3.63) is 75.3 Å². The van der Waals surface area contributed by atoms with Gasteiger partial charge in [0.2, 0.25) is 5.78 Å². The molecule has 1 aliphatic rings. The lowest BCUT2D eigenvalue weighted by Gasteiger charge is -2.28. The molecule has 1 aliphatic heterocycles. The van der Waals surface area contributed by atoms with Gasteiger partial charge in [0.1, 0.15) is 0 Å². The average Bonchev–Trinajstić information content (AvgIpc) is 3.00. The van der Waals surface area contributed by atoms with Gasteiger partial charge in [-0.05, 0) is 44.0 Å². The van der Waals surface area contributed by atoms with Gasteiger partial charge in [-0.1, -0.05) is 63.7 Å². The van der Waals surface area contributed by atoms with Crippen LogP contribution in [-0.4, -0.2) is 42.8 Å². The molecule has 1 atom stereocenters. The summed E-state index contributed by atoms with van der Waals surface area (Å²) in [5.41, 5.74) is 2.26. The van der Waals surface area contributed by atoms with Crippen LogP contribution in [0.25, 0.3) is 5.76 Å². The summed E-state index contributed by atoms with van der Waals surface area (Å²) >= 11 is 3.42. The number of carbonyl (C=O) groups is 2. The fourth-order valence-corrected chi connectivity index (χ4v) is 4.10. The number of carbonyl (C=O) groups excluding carboxylic acids is 2. The van der Waals surface area contributed by atoms with Gasteiger partial charge in [0.25, 0.3) is 5.91 Å². The maximum absolute atomic E-state index is 13.3. The third-order valence-electron chi connectivity index (χ3n) is 5.74. The number of benzene rings is 2. The number of Topliss-reactive ketones (excluding diaryl/α,β-unsaturated/α-hetero) is 1. The van der Waals surface area contributed by atoms with Crippen molar-refractivity contribution in [3.63, 3.8) is 0 Å². The van der Waals surface area contributed by atoms with Crippen LogP contribution in [0.1, 0.15) is 36.6 Å². The summed E-state index contributed by atoms with van der Waals surface area (Å²) in [7, 11) is 0. The highest BCUT2D eigenvalue weighted by molar-refractivity contribution is 9.10. The molecule has 30 heavy (non-hydrogen) atoms. The van der Waals surface area contributed by atoms with E-state index in [0.717, 1.165) is 35.2 Å². The van der Waals surface area contributed by atoms with Crippen molar-refractivity contribution in [2.45, 2.75) is 26.8 Å². The molecule has 5 nitrogen and oxygen atoms in total. The number of likely N-dealkylation sites (N-methyl/N-ethyl adjacent to an activating group) is 1. The van der Waals surface area contributed by atoms with Gasteiger partial charge in [-0.15, -0.1) is 0 Å². The molecule has 1 heterocycles. The topological polar surface area (TPSA) is 64.9 Å². The normalized spacial score (nSPS) is 18.4. The van der Waals surface area contributed by atoms with Crippen LogP contribution >= 0.6 is 15.9 Å². The first-order valence-electron chi connectivity index (χ1n) is 10.3. The molecule has 1 unspecified atom stereocenters. The second-order valence-corrected chi connectivity index (χ2v) is 8.51. The number of nitrogens with one attached hydrogen (secondary N) is 1. The molecule has 6 heteroatoms. The van der Waals surface area contributed by atoms with Crippen molar-refractivity contribution < 1.29 is 19.6 Å². The fraction of sp³-hybridized carbons (Fsp3) is 0.333. The lowest BCUT2D eigenvalue weighted by Crippen LogP contribution is -3.12. The highest BCUT2D eigenvalue weighted by Crippen LogP contribution is 2.38. The summed E-state index contributed by atoms with van der Waals surface area (Å²) < 4.78 is 0.896. The lowest BCUT2D eigenvalue weighted by molar-refractivity contribution is -0.895. The van der Waals surface area contributed by atoms with Gasteiger partial charge in [-0.25, -0.2) is 0 Å². The third-order valence-corrected chi connectivity index (χ3v) is 6.26. The molecule has 1 amide bonds. The van der Waals surface area contributed by atoms with Crippen LogP contribution in [-0.2, 0) is 9.59 Å². The Hall–Kier alpha value is -2.44. The van der Waals surface area contributed by atoms with Crippen LogP contribution in [0.4, 0.5) is 0 Å². The number of amides is 1. The van der Waals surface area contributed by atoms with Gasteiger partial charge in [-0.3, -0.25) is 9.59 Å². The number of ketones is 1. The van der Waals surface area contributed by atoms with E-state index >= 15 is 0 Å². The van der Waals surface area contributed by atoms with Gasteiger partial charge >= 0.3 is 0 Å². The Morgan fingerprint density at radius 2 is 1.63 bits per heavy atom. The van der Waals surface area contributed by atoms with E-state index in [0.29, 0.717) is 12.1 Å². The van der Waals surface area contributed by atoms with Gasteiger partial charge in [0.05, 0.1) is 32.2 Å². The number of hydrogen-bond acceptors (Lipinski definition) is 3. The minimum Gasteiger partial charge on any atom is -0.872 e. The van der Waals surface area contributed by atoms with Crippen LogP contribution in [0.15, 0.2) is 58.6 Å². The monoisotopic (exact) mass is 470 g/mol. The van der Waals surface area contributed by atoms with Gasteiger partial charge in [0, 0.05) is 10.0 Å². The summed E-state index contributed by atoms with van der Waals surface area (Å²) in [6.45, 7) is 9.16. The SMILES string of the molecule is CC[NH+](CC)CCN1C(=O)C(=O)C(=C([O-])c2ccc(C)cc2)C1c1ccc(Br)cc1. The van der Waals surface area contributed by atoms with Gasteiger partial charge in [0.15, 0.2) is 0 Å². The fourth-order valence-electron chi connectivity index (χ4n) is 3.84. The van der Waals surface area contributed by atoms with Gasteiger partial charge in [-0.2, -0.15) is 0 Å². The van der Waals surface area contributed by atoms with Crippen LogP contribution in [0.5, 0.6) is 0 Å². The summed E-state index contributed by atoms with van der Waals surface area (Å²) in [6, 6.07) is 13.9. The van der Waals surface area contributed by atoms with E-state index in [4.69, 9.17) is 0 Å². The molecule has 0 saturated carbocycles. The molecule has 1 saturated heterocycles. The molecule has 2 aromatic carbocycles. The second kappa shape index (κ2) is 9.58. The zero-order valence-corrected chi connectivity index (χ0v) is 19.2. The Kier molecular flexibility index (Phi) is 7.10. The first-order valence-corrected chi connectivity index (χ1v) is 11.1. The quantitative estimate of drug-likeness (QED) is 0.381. The van der Waals surface area contributed by atoms with Crippen molar-refractivity contribution in [1.82, 2.24) is 4.90 Å². The predicted molar refractivity (Wildman–Crippen MR) is 119 cm³/mol. The molecule has 158 valence electrons. The molecular formula is C24H27BrN2O3. The molecule has 3 rings (SSSR count). The third kappa shape index (κ3) is 4.50. The number of likely N-dealkylation sites (tertiary alicyclic amines) is 1. The number of rotatable bonds is 7. The smallest absolute Gasteiger partial charge is 0.295 e. The minimum atomic E-state index is -0.692. The second-order valence-electron chi connectivity index (χ2n) is 7.60. The zero-order valence-electron chi connectivity index (χ0n) is 17.6. The number of aryl methyl sites for hydroxylation is 1. The number of quaternary nitrogens is 1. The summed E-state index contributed by atoms with van der Waals surface area (Å²) in [5.74, 6) is -1.66. The Labute approximate surface area is 186 Å². The van der Waals surface area contributed by atoms with Crippen molar-refractivity contribution in [2.75, 3.05) is 26.2 Å². The predicted octanol–water partition coefficient (Wildman–Crippen LogP) is 1.91. The average molecular weight is 471 g/mol. The first kappa shape index (κ1) is 22.2. The van der Waals surface area contributed by atoms with E-state index in [-0.39, 0.29) is 11.3 Å². The van der Waals surface area contributed by atoms with Crippen LogP contribution in [0.3, 0.4) is 0 Å². The Bertz CT molecular complexity index is 947. The van der Waals surface area contributed by atoms with E-state index in [1.165, 1.54) is 4.90 Å². The lowest BCUT2D eigenvalue weighted by atomic mass is 9.95. The van der Waals surface area contributed by atoms with Crippen LogP contribution < -0.4 is 10.0 Å². The highest BCUT2D eigenvalue weighted by atomic mass is 79.9. The van der Waals surface area contributed by atoms with E-state index in [2.05, 4.69) is 29.8 Å². The summed E-state index contributed by atoms with van der Waals surface area (Å²) in [5, 5.41) is 13.3. The van der Waals surface area contributed by atoms with Crippen LogP contribution in [0, 0.1) is 6.92 Å². The Morgan fingerprint density at radius 1 is 1.03 bits per heavy atom. The molecular weight excluding hydrogens is 444 g/mol. The molecule has 1 fully saturated rings. The first-order chi connectivity index (χ1) is 14.4. The van der Waals surface area contributed by atoms with E-state index in [9.17, 15) is 14.7 Å². The maximum Gasteiger partial charge on any atom is 0.295 e. The van der Waals surface area contributed by atoms with Crippen molar-refractivity contribution in [2.24, 2.45) is 0 Å². The van der Waals surface area contributed by atoms with Crippen molar-refractivity contribution in [3.8, 4) is 0 Å². The minimum absolute atomic E-state index is 0.0423. The van der Waals surface area contributed by atoms with Crippen LogP contribution in [0.2, 0.25) is 0 Å².